The molecule has 0 saturated heterocycles. The van der Waals surface area contributed by atoms with Gasteiger partial charge in [-0.2, -0.15) is 0 Å². The van der Waals surface area contributed by atoms with Crippen LogP contribution in [-0.2, 0) is 17.9 Å². The summed E-state index contributed by atoms with van der Waals surface area (Å²) < 4.78 is 11.7. The number of furan rings is 1. The molecule has 3 nitrogen and oxygen atoms in total. The molecule has 0 aromatic carbocycles. The van der Waals surface area contributed by atoms with Crippen LogP contribution in [0.4, 0.5) is 0 Å². The molecular formula is C16H27NO2. The molecule has 1 aliphatic rings. The lowest BCUT2D eigenvalue weighted by molar-refractivity contribution is 0.0451. The minimum atomic E-state index is 0.469. The van der Waals surface area contributed by atoms with Crippen LogP contribution in [0.2, 0.25) is 0 Å². The highest BCUT2D eigenvalue weighted by Gasteiger charge is 2.16. The van der Waals surface area contributed by atoms with E-state index in [2.05, 4.69) is 25.2 Å². The van der Waals surface area contributed by atoms with Crippen LogP contribution >= 0.6 is 0 Å². The van der Waals surface area contributed by atoms with Gasteiger partial charge in [0.25, 0.3) is 0 Å². The summed E-state index contributed by atoms with van der Waals surface area (Å²) in [6.45, 7) is 8.97. The third-order valence-corrected chi connectivity index (χ3v) is 3.70. The first-order chi connectivity index (χ1) is 9.15. The maximum absolute atomic E-state index is 5.95. The van der Waals surface area contributed by atoms with E-state index in [1.54, 1.807) is 0 Å². The number of hydrogen-bond acceptors (Lipinski definition) is 3. The van der Waals surface area contributed by atoms with Gasteiger partial charge in [-0.3, -0.25) is 0 Å². The monoisotopic (exact) mass is 265 g/mol. The largest absolute Gasteiger partial charge is 0.465 e. The van der Waals surface area contributed by atoms with Crippen molar-refractivity contribution in [1.82, 2.24) is 5.32 Å². The Bertz CT molecular complexity index is 378. The van der Waals surface area contributed by atoms with Gasteiger partial charge in [0, 0.05) is 5.56 Å². The quantitative estimate of drug-likeness (QED) is 0.814. The van der Waals surface area contributed by atoms with Crippen molar-refractivity contribution in [2.45, 2.75) is 65.7 Å². The van der Waals surface area contributed by atoms with Crippen molar-refractivity contribution in [3.63, 3.8) is 0 Å². The van der Waals surface area contributed by atoms with E-state index in [-0.39, 0.29) is 0 Å². The zero-order valence-electron chi connectivity index (χ0n) is 12.5. The Labute approximate surface area is 116 Å². The molecule has 2 rings (SSSR count). The molecule has 1 fully saturated rings. The van der Waals surface area contributed by atoms with Crippen molar-refractivity contribution in [3.05, 3.63) is 23.2 Å². The van der Waals surface area contributed by atoms with E-state index in [0.29, 0.717) is 18.6 Å². The van der Waals surface area contributed by atoms with E-state index in [9.17, 15) is 0 Å². The van der Waals surface area contributed by atoms with Gasteiger partial charge in [0.05, 0.1) is 19.3 Å². The van der Waals surface area contributed by atoms with Gasteiger partial charge in [-0.05, 0) is 38.3 Å². The van der Waals surface area contributed by atoms with Gasteiger partial charge in [-0.1, -0.05) is 26.7 Å². The molecule has 1 aromatic heterocycles. The summed E-state index contributed by atoms with van der Waals surface area (Å²) in [5.41, 5.74) is 1.20. The molecule has 19 heavy (non-hydrogen) atoms. The van der Waals surface area contributed by atoms with Crippen LogP contribution in [0.1, 0.15) is 56.6 Å². The molecule has 1 heterocycles. The molecule has 0 aliphatic heterocycles. The van der Waals surface area contributed by atoms with Crippen molar-refractivity contribution in [1.29, 1.82) is 0 Å². The van der Waals surface area contributed by atoms with E-state index in [0.717, 1.165) is 24.6 Å². The van der Waals surface area contributed by atoms with Crippen LogP contribution in [0, 0.1) is 12.8 Å². The Balaban J connectivity index is 1.78. The van der Waals surface area contributed by atoms with Crippen LogP contribution in [0.25, 0.3) is 0 Å². The number of aryl methyl sites for hydroxylation is 1. The van der Waals surface area contributed by atoms with E-state index in [1.165, 1.54) is 31.2 Å². The van der Waals surface area contributed by atoms with Crippen LogP contribution < -0.4 is 5.32 Å². The fraction of sp³-hybridized carbons (Fsp3) is 0.750. The SMILES string of the molecule is Cc1oc(CNCC(C)C)cc1COC1CCCC1. The summed E-state index contributed by atoms with van der Waals surface area (Å²) in [5, 5.41) is 3.40. The first-order valence-corrected chi connectivity index (χ1v) is 7.55. The van der Waals surface area contributed by atoms with Crippen molar-refractivity contribution < 1.29 is 9.15 Å². The molecule has 0 spiro atoms. The van der Waals surface area contributed by atoms with Gasteiger partial charge in [0.1, 0.15) is 11.5 Å². The van der Waals surface area contributed by atoms with Crippen LogP contribution in [0.3, 0.4) is 0 Å². The fourth-order valence-electron chi connectivity index (χ4n) is 2.56. The molecule has 0 atom stereocenters. The van der Waals surface area contributed by atoms with Crippen LogP contribution in [0.15, 0.2) is 10.5 Å². The number of nitrogens with one attached hydrogen (secondary N) is 1. The minimum Gasteiger partial charge on any atom is -0.465 e. The lowest BCUT2D eigenvalue weighted by Gasteiger charge is -2.09. The second-order valence-corrected chi connectivity index (χ2v) is 6.04. The summed E-state index contributed by atoms with van der Waals surface area (Å²) in [7, 11) is 0. The topological polar surface area (TPSA) is 34.4 Å². The molecule has 1 saturated carbocycles. The lowest BCUT2D eigenvalue weighted by Crippen LogP contribution is -2.18. The van der Waals surface area contributed by atoms with E-state index in [4.69, 9.17) is 9.15 Å². The standard InChI is InChI=1S/C16H27NO2/c1-12(2)9-17-10-16-8-14(13(3)19-16)11-18-15-6-4-5-7-15/h8,12,15,17H,4-7,9-11H2,1-3H3. The molecule has 0 unspecified atom stereocenters. The Kier molecular flexibility index (Phi) is 5.46. The van der Waals surface area contributed by atoms with Gasteiger partial charge >= 0.3 is 0 Å². The lowest BCUT2D eigenvalue weighted by atomic mass is 10.2. The third-order valence-electron chi connectivity index (χ3n) is 3.70. The summed E-state index contributed by atoms with van der Waals surface area (Å²) >= 11 is 0. The van der Waals surface area contributed by atoms with Gasteiger partial charge in [0.2, 0.25) is 0 Å². The molecule has 0 amide bonds. The second kappa shape index (κ2) is 7.11. The predicted molar refractivity (Wildman–Crippen MR) is 77.0 cm³/mol. The highest BCUT2D eigenvalue weighted by Crippen LogP contribution is 2.23. The maximum Gasteiger partial charge on any atom is 0.118 e. The average molecular weight is 265 g/mol. The third kappa shape index (κ3) is 4.66. The highest BCUT2D eigenvalue weighted by molar-refractivity contribution is 5.20. The molecule has 0 bridgehead atoms. The Hall–Kier alpha value is -0.800. The molecule has 3 heteroatoms. The van der Waals surface area contributed by atoms with Crippen LogP contribution in [-0.4, -0.2) is 12.6 Å². The van der Waals surface area contributed by atoms with E-state index in [1.807, 2.05) is 6.92 Å². The van der Waals surface area contributed by atoms with Crippen molar-refractivity contribution >= 4 is 0 Å². The Morgan fingerprint density at radius 3 is 2.79 bits per heavy atom. The van der Waals surface area contributed by atoms with Gasteiger partial charge in [0.15, 0.2) is 0 Å². The van der Waals surface area contributed by atoms with Crippen molar-refractivity contribution in [3.8, 4) is 0 Å². The van der Waals surface area contributed by atoms with Gasteiger partial charge in [-0.25, -0.2) is 0 Å². The summed E-state index contributed by atoms with van der Waals surface area (Å²) in [4.78, 5) is 0. The molecular weight excluding hydrogens is 238 g/mol. The van der Waals surface area contributed by atoms with Gasteiger partial charge in [-0.15, -0.1) is 0 Å². The first-order valence-electron chi connectivity index (χ1n) is 7.55. The summed E-state index contributed by atoms with van der Waals surface area (Å²) in [5.74, 6) is 2.68. The summed E-state index contributed by atoms with van der Waals surface area (Å²) in [6.07, 6.45) is 5.55. The maximum atomic E-state index is 5.95. The smallest absolute Gasteiger partial charge is 0.118 e. The van der Waals surface area contributed by atoms with Crippen molar-refractivity contribution in [2.24, 2.45) is 5.92 Å². The Morgan fingerprint density at radius 2 is 2.11 bits per heavy atom. The number of rotatable bonds is 7. The minimum absolute atomic E-state index is 0.469. The molecule has 1 N–H and O–H groups in total. The number of hydrogen-bond donors (Lipinski definition) is 1. The van der Waals surface area contributed by atoms with E-state index >= 15 is 0 Å². The normalized spacial score (nSPS) is 16.6. The second-order valence-electron chi connectivity index (χ2n) is 6.04. The van der Waals surface area contributed by atoms with Crippen molar-refractivity contribution in [2.75, 3.05) is 6.54 Å². The van der Waals surface area contributed by atoms with Crippen LogP contribution in [0.5, 0.6) is 0 Å². The molecule has 1 aromatic rings. The van der Waals surface area contributed by atoms with Gasteiger partial charge < -0.3 is 14.5 Å². The van der Waals surface area contributed by atoms with E-state index < -0.39 is 0 Å². The average Bonchev–Trinajstić information content (AvgIpc) is 2.96. The zero-order valence-corrected chi connectivity index (χ0v) is 12.5. The molecule has 0 radical (unpaired) electrons. The zero-order chi connectivity index (χ0) is 13.7. The Morgan fingerprint density at radius 1 is 1.37 bits per heavy atom. The fourth-order valence-corrected chi connectivity index (χ4v) is 2.56. The predicted octanol–water partition coefficient (Wildman–Crippen LogP) is 3.79. The summed E-state index contributed by atoms with van der Waals surface area (Å²) in [6, 6.07) is 2.14. The molecule has 1 aliphatic carbocycles. The molecule has 108 valence electrons. The highest BCUT2D eigenvalue weighted by atomic mass is 16.5. The first kappa shape index (κ1) is 14.6. The number of ether oxygens (including phenoxy) is 1.